The van der Waals surface area contributed by atoms with Gasteiger partial charge in [-0.15, -0.1) is 0 Å². The number of rotatable bonds is 7. The fourth-order valence-electron chi connectivity index (χ4n) is 5.68. The van der Waals surface area contributed by atoms with Gasteiger partial charge >= 0.3 is 0 Å². The SMILES string of the molecule is CCOCC(=O)N[C@@H]1CCCC[C@@H]1C(=O)N1CC[C@@H]2[C@H](COC)Nc3ccccc3[C@@H]21. The topological polar surface area (TPSA) is 79.9 Å². The molecule has 2 N–H and O–H groups in total. The molecule has 2 aliphatic heterocycles. The van der Waals surface area contributed by atoms with Crippen molar-refractivity contribution in [3.05, 3.63) is 29.8 Å². The fraction of sp³-hybridized carbons (Fsp3) is 0.667. The van der Waals surface area contributed by atoms with Crippen LogP contribution < -0.4 is 10.6 Å². The van der Waals surface area contributed by atoms with Crippen molar-refractivity contribution in [3.8, 4) is 0 Å². The Morgan fingerprint density at radius 3 is 2.81 bits per heavy atom. The summed E-state index contributed by atoms with van der Waals surface area (Å²) < 4.78 is 10.7. The summed E-state index contributed by atoms with van der Waals surface area (Å²) in [6.07, 6.45) is 4.70. The number of carbonyl (C=O) groups is 2. The number of likely N-dealkylation sites (tertiary alicyclic amines) is 1. The Labute approximate surface area is 184 Å². The molecule has 2 fully saturated rings. The summed E-state index contributed by atoms with van der Waals surface area (Å²) in [4.78, 5) is 28.2. The number of ether oxygens (including phenoxy) is 2. The Hall–Kier alpha value is -2.12. The number of anilines is 1. The second-order valence-electron chi connectivity index (χ2n) is 8.92. The van der Waals surface area contributed by atoms with Crippen molar-refractivity contribution in [3.63, 3.8) is 0 Å². The number of fused-ring (bicyclic) bond motifs is 3. The van der Waals surface area contributed by atoms with E-state index >= 15 is 0 Å². The molecule has 31 heavy (non-hydrogen) atoms. The van der Waals surface area contributed by atoms with E-state index in [1.54, 1.807) is 7.11 Å². The standard InChI is InChI=1S/C24H35N3O4/c1-3-31-15-22(28)26-20-11-7-5-9-18(20)24(29)27-13-12-17-21(14-30-2)25-19-10-6-4-8-16(19)23(17)27/h4,6,8,10,17-18,20-21,23,25H,3,5,7,9,11-15H2,1-2H3,(H,26,28)/t17-,18+,20-,21+,23+/m1/s1. The van der Waals surface area contributed by atoms with Crippen molar-refractivity contribution in [1.82, 2.24) is 10.2 Å². The second-order valence-corrected chi connectivity index (χ2v) is 8.92. The number of carbonyl (C=O) groups excluding carboxylic acids is 2. The minimum Gasteiger partial charge on any atom is -0.383 e. The van der Waals surface area contributed by atoms with E-state index in [1.165, 1.54) is 5.56 Å². The summed E-state index contributed by atoms with van der Waals surface area (Å²) in [5.74, 6) is 0.217. The molecule has 0 unspecified atom stereocenters. The molecule has 0 bridgehead atoms. The Morgan fingerprint density at radius 1 is 1.19 bits per heavy atom. The number of nitrogens with zero attached hydrogens (tertiary/aromatic N) is 1. The highest BCUT2D eigenvalue weighted by Crippen LogP contribution is 2.47. The zero-order valence-corrected chi connectivity index (χ0v) is 18.6. The molecule has 1 aromatic carbocycles. The van der Waals surface area contributed by atoms with Crippen molar-refractivity contribution >= 4 is 17.5 Å². The number of hydrogen-bond acceptors (Lipinski definition) is 5. The van der Waals surface area contributed by atoms with E-state index in [1.807, 2.05) is 19.1 Å². The maximum Gasteiger partial charge on any atom is 0.246 e. The van der Waals surface area contributed by atoms with Gasteiger partial charge in [0.25, 0.3) is 0 Å². The lowest BCUT2D eigenvalue weighted by atomic mass is 9.81. The summed E-state index contributed by atoms with van der Waals surface area (Å²) in [7, 11) is 1.73. The van der Waals surface area contributed by atoms with Crippen LogP contribution in [0.25, 0.3) is 0 Å². The maximum absolute atomic E-state index is 13.8. The quantitative estimate of drug-likeness (QED) is 0.697. The van der Waals surface area contributed by atoms with Crippen molar-refractivity contribution in [1.29, 1.82) is 0 Å². The van der Waals surface area contributed by atoms with Crippen LogP contribution in [-0.4, -0.2) is 62.3 Å². The van der Waals surface area contributed by atoms with Gasteiger partial charge < -0.3 is 25.0 Å². The van der Waals surface area contributed by atoms with Crippen LogP contribution in [0.3, 0.4) is 0 Å². The molecule has 1 aliphatic carbocycles. The molecule has 0 spiro atoms. The van der Waals surface area contributed by atoms with E-state index in [-0.39, 0.29) is 42.5 Å². The molecule has 2 amide bonds. The number of hydrogen-bond donors (Lipinski definition) is 2. The van der Waals surface area contributed by atoms with Crippen LogP contribution >= 0.6 is 0 Å². The molecule has 1 aromatic rings. The third-order valence-electron chi connectivity index (χ3n) is 7.08. The lowest BCUT2D eigenvalue weighted by molar-refractivity contribution is -0.140. The summed E-state index contributed by atoms with van der Waals surface area (Å²) >= 11 is 0. The molecule has 5 atom stereocenters. The number of para-hydroxylation sites is 1. The number of benzene rings is 1. The van der Waals surface area contributed by atoms with Crippen molar-refractivity contribution in [2.75, 3.05) is 38.8 Å². The van der Waals surface area contributed by atoms with Crippen LogP contribution in [0.2, 0.25) is 0 Å². The van der Waals surface area contributed by atoms with Crippen LogP contribution in [0, 0.1) is 11.8 Å². The number of nitrogens with one attached hydrogen (secondary N) is 2. The predicted octanol–water partition coefficient (Wildman–Crippen LogP) is 2.73. The Balaban J connectivity index is 1.54. The monoisotopic (exact) mass is 429 g/mol. The summed E-state index contributed by atoms with van der Waals surface area (Å²) in [5.41, 5.74) is 2.29. The highest BCUT2D eigenvalue weighted by atomic mass is 16.5. The predicted molar refractivity (Wildman–Crippen MR) is 119 cm³/mol. The van der Waals surface area contributed by atoms with E-state index in [4.69, 9.17) is 9.47 Å². The molecule has 7 nitrogen and oxygen atoms in total. The second kappa shape index (κ2) is 10.0. The number of amides is 2. The van der Waals surface area contributed by atoms with Crippen LogP contribution in [-0.2, 0) is 19.1 Å². The molecular formula is C24H35N3O4. The van der Waals surface area contributed by atoms with Gasteiger partial charge in [-0.05, 0) is 37.8 Å². The minimum atomic E-state index is -0.166. The zero-order chi connectivity index (χ0) is 21.8. The minimum absolute atomic E-state index is 0.0556. The molecule has 0 radical (unpaired) electrons. The third-order valence-corrected chi connectivity index (χ3v) is 7.08. The first kappa shape index (κ1) is 22.1. The first-order valence-electron chi connectivity index (χ1n) is 11.7. The van der Waals surface area contributed by atoms with Gasteiger partial charge in [0.05, 0.1) is 24.6 Å². The van der Waals surface area contributed by atoms with E-state index in [0.717, 1.165) is 44.3 Å². The van der Waals surface area contributed by atoms with Gasteiger partial charge in [-0.3, -0.25) is 9.59 Å². The normalized spacial score (nSPS) is 29.6. The molecular weight excluding hydrogens is 394 g/mol. The summed E-state index contributed by atoms with van der Waals surface area (Å²) in [6, 6.07) is 8.44. The van der Waals surface area contributed by atoms with E-state index < -0.39 is 0 Å². The van der Waals surface area contributed by atoms with Crippen molar-refractivity contribution in [2.45, 2.75) is 57.2 Å². The first-order valence-corrected chi connectivity index (χ1v) is 11.7. The number of methoxy groups -OCH3 is 1. The molecule has 2 heterocycles. The average molecular weight is 430 g/mol. The first-order chi connectivity index (χ1) is 15.1. The lowest BCUT2D eigenvalue weighted by Gasteiger charge is -2.41. The fourth-order valence-corrected chi connectivity index (χ4v) is 5.68. The van der Waals surface area contributed by atoms with Gasteiger partial charge in [-0.2, -0.15) is 0 Å². The molecule has 4 rings (SSSR count). The van der Waals surface area contributed by atoms with Crippen molar-refractivity contribution in [2.24, 2.45) is 11.8 Å². The lowest BCUT2D eigenvalue weighted by Crippen LogP contribution is -2.51. The Morgan fingerprint density at radius 2 is 2.00 bits per heavy atom. The van der Waals surface area contributed by atoms with Crippen LogP contribution in [0.4, 0.5) is 5.69 Å². The molecule has 3 aliphatic rings. The summed E-state index contributed by atoms with van der Waals surface area (Å²) in [6.45, 7) is 3.81. The molecule has 1 saturated heterocycles. The van der Waals surface area contributed by atoms with Gasteiger partial charge in [0.15, 0.2) is 0 Å². The van der Waals surface area contributed by atoms with Gasteiger partial charge in [0.2, 0.25) is 11.8 Å². The van der Waals surface area contributed by atoms with Crippen LogP contribution in [0.15, 0.2) is 24.3 Å². The van der Waals surface area contributed by atoms with Crippen LogP contribution in [0.5, 0.6) is 0 Å². The third kappa shape index (κ3) is 4.58. The van der Waals surface area contributed by atoms with Gasteiger partial charge in [0, 0.05) is 37.9 Å². The van der Waals surface area contributed by atoms with Crippen molar-refractivity contribution < 1.29 is 19.1 Å². The smallest absolute Gasteiger partial charge is 0.246 e. The highest BCUT2D eigenvalue weighted by molar-refractivity contribution is 5.83. The average Bonchev–Trinajstić information content (AvgIpc) is 3.24. The molecule has 170 valence electrons. The van der Waals surface area contributed by atoms with Gasteiger partial charge in [-0.1, -0.05) is 31.0 Å². The van der Waals surface area contributed by atoms with Crippen LogP contribution in [0.1, 0.15) is 50.6 Å². The summed E-state index contributed by atoms with van der Waals surface area (Å²) in [5, 5.41) is 6.71. The molecule has 7 heteroatoms. The molecule has 0 aromatic heterocycles. The van der Waals surface area contributed by atoms with E-state index in [0.29, 0.717) is 19.1 Å². The Bertz CT molecular complexity index is 786. The maximum atomic E-state index is 13.8. The largest absolute Gasteiger partial charge is 0.383 e. The zero-order valence-electron chi connectivity index (χ0n) is 18.6. The van der Waals surface area contributed by atoms with Gasteiger partial charge in [-0.25, -0.2) is 0 Å². The highest BCUT2D eigenvalue weighted by Gasteiger charge is 2.48. The van der Waals surface area contributed by atoms with Gasteiger partial charge in [0.1, 0.15) is 6.61 Å². The van der Waals surface area contributed by atoms with E-state index in [9.17, 15) is 9.59 Å². The van der Waals surface area contributed by atoms with E-state index in [2.05, 4.69) is 27.7 Å². The Kier molecular flexibility index (Phi) is 7.13. The molecule has 1 saturated carbocycles.